The second kappa shape index (κ2) is 5.20. The molecule has 0 spiro atoms. The molecule has 2 bridgehead atoms. The van der Waals surface area contributed by atoms with Crippen molar-refractivity contribution in [2.24, 2.45) is 0 Å². The van der Waals surface area contributed by atoms with Gasteiger partial charge in [0.1, 0.15) is 6.04 Å². The number of rotatable bonds is 4. The van der Waals surface area contributed by atoms with Crippen LogP contribution in [0.4, 0.5) is 9.59 Å². The van der Waals surface area contributed by atoms with E-state index in [4.69, 9.17) is 9.52 Å². The van der Waals surface area contributed by atoms with Gasteiger partial charge in [-0.2, -0.15) is 0 Å². The zero-order chi connectivity index (χ0) is 15.0. The predicted molar refractivity (Wildman–Crippen MR) is 65.5 cm³/mol. The lowest BCUT2D eigenvalue weighted by Gasteiger charge is -2.27. The third-order valence-electron chi connectivity index (χ3n) is 3.73. The summed E-state index contributed by atoms with van der Waals surface area (Å²) in [5.74, 6) is 0.635. The Balaban J connectivity index is 1.66. The zero-order valence-corrected chi connectivity index (χ0v) is 11.1. The number of piperidine rings is 1. The van der Waals surface area contributed by atoms with Gasteiger partial charge < -0.3 is 19.7 Å². The summed E-state index contributed by atoms with van der Waals surface area (Å²) in [6, 6.07) is -0.953. The Labute approximate surface area is 119 Å². The first-order valence-corrected chi connectivity index (χ1v) is 6.64. The maximum atomic E-state index is 11.9. The van der Waals surface area contributed by atoms with Gasteiger partial charge in [-0.25, -0.2) is 14.7 Å². The minimum atomic E-state index is -1.11. The van der Waals surface area contributed by atoms with Gasteiger partial charge in [0.2, 0.25) is 11.8 Å². The number of urea groups is 1. The van der Waals surface area contributed by atoms with Crippen molar-refractivity contribution in [2.75, 3.05) is 13.1 Å². The quantitative estimate of drug-likeness (QED) is 0.677. The summed E-state index contributed by atoms with van der Waals surface area (Å²) in [5.41, 5.74) is 0. The molecule has 2 saturated heterocycles. The highest BCUT2D eigenvalue weighted by atomic mass is 16.5. The number of carbonyl (C=O) groups is 2. The first-order chi connectivity index (χ1) is 10.1. The molecule has 2 aliphatic heterocycles. The zero-order valence-electron chi connectivity index (χ0n) is 11.1. The van der Waals surface area contributed by atoms with E-state index in [2.05, 4.69) is 15.5 Å². The Morgan fingerprint density at radius 2 is 2.24 bits per heavy atom. The average Bonchev–Trinajstić information content (AvgIpc) is 3.00. The molecule has 3 amide bonds. The number of hydroxylamine groups is 2. The standard InChI is InChI=1S/C11H15N5O5/c17-10(18)12-4-3-8-13-14-9(21-8)7-2-1-6-5-15(7)11(19)16(6)20/h6-7,12,20H,1-5H2,(H,17,18)/t6-,7+/m1/s1. The van der Waals surface area contributed by atoms with E-state index in [1.165, 1.54) is 4.90 Å². The molecule has 0 saturated carbocycles. The smallest absolute Gasteiger partial charge is 0.404 e. The predicted octanol–water partition coefficient (Wildman–Crippen LogP) is 0.210. The third kappa shape index (κ3) is 2.49. The fourth-order valence-electron chi connectivity index (χ4n) is 2.69. The number of carbonyl (C=O) groups excluding carboxylic acids is 1. The molecule has 3 rings (SSSR count). The van der Waals surface area contributed by atoms with Gasteiger partial charge in [-0.3, -0.25) is 5.21 Å². The Morgan fingerprint density at radius 3 is 3.00 bits per heavy atom. The number of hydrogen-bond acceptors (Lipinski definition) is 6. The van der Waals surface area contributed by atoms with Crippen molar-refractivity contribution >= 4 is 12.1 Å². The summed E-state index contributed by atoms with van der Waals surface area (Å²) in [4.78, 5) is 23.7. The van der Waals surface area contributed by atoms with Crippen LogP contribution >= 0.6 is 0 Å². The number of carboxylic acid groups (broad SMARTS) is 1. The number of fused-ring (bicyclic) bond motifs is 2. The van der Waals surface area contributed by atoms with E-state index < -0.39 is 12.1 Å². The van der Waals surface area contributed by atoms with Gasteiger partial charge in [0.25, 0.3) is 0 Å². The topological polar surface area (TPSA) is 132 Å². The normalized spacial score (nSPS) is 24.5. The van der Waals surface area contributed by atoms with Gasteiger partial charge in [-0.1, -0.05) is 0 Å². The van der Waals surface area contributed by atoms with Crippen molar-refractivity contribution in [3.05, 3.63) is 11.8 Å². The SMILES string of the molecule is O=C(O)NCCc1nnc([C@@H]2CC[C@@H]3CN2C(=O)N3O)o1. The minimum absolute atomic E-state index is 0.170. The molecule has 0 aliphatic carbocycles. The lowest BCUT2D eigenvalue weighted by molar-refractivity contribution is -0.0584. The maximum Gasteiger partial charge on any atom is 0.404 e. The summed E-state index contributed by atoms with van der Waals surface area (Å²) in [6.45, 7) is 0.620. The van der Waals surface area contributed by atoms with E-state index >= 15 is 0 Å². The highest BCUT2D eigenvalue weighted by Crippen LogP contribution is 2.36. The van der Waals surface area contributed by atoms with Gasteiger partial charge >= 0.3 is 12.1 Å². The van der Waals surface area contributed by atoms with E-state index in [0.29, 0.717) is 31.2 Å². The monoisotopic (exact) mass is 297 g/mol. The van der Waals surface area contributed by atoms with Gasteiger partial charge in [0, 0.05) is 19.5 Å². The van der Waals surface area contributed by atoms with Crippen molar-refractivity contribution in [3.63, 3.8) is 0 Å². The van der Waals surface area contributed by atoms with Crippen LogP contribution in [0.1, 0.15) is 30.7 Å². The highest BCUT2D eigenvalue weighted by molar-refractivity contribution is 5.76. The highest BCUT2D eigenvalue weighted by Gasteiger charge is 2.46. The van der Waals surface area contributed by atoms with E-state index in [0.717, 1.165) is 5.06 Å². The fraction of sp³-hybridized carbons (Fsp3) is 0.636. The Kier molecular flexibility index (Phi) is 3.37. The lowest BCUT2D eigenvalue weighted by atomic mass is 10.0. The molecule has 0 radical (unpaired) electrons. The van der Waals surface area contributed by atoms with Gasteiger partial charge in [-0.15, -0.1) is 10.2 Å². The van der Waals surface area contributed by atoms with Gasteiger partial charge in [0.05, 0.1) is 6.04 Å². The van der Waals surface area contributed by atoms with Crippen LogP contribution in [0.2, 0.25) is 0 Å². The molecule has 114 valence electrons. The molecule has 3 heterocycles. The summed E-state index contributed by atoms with van der Waals surface area (Å²) >= 11 is 0. The van der Waals surface area contributed by atoms with Crippen LogP contribution in [-0.4, -0.2) is 61.7 Å². The number of amides is 3. The van der Waals surface area contributed by atoms with E-state index in [1.807, 2.05) is 0 Å². The maximum absolute atomic E-state index is 11.9. The first-order valence-electron chi connectivity index (χ1n) is 6.64. The van der Waals surface area contributed by atoms with Crippen LogP contribution < -0.4 is 5.32 Å². The van der Waals surface area contributed by atoms with E-state index in [-0.39, 0.29) is 25.0 Å². The van der Waals surface area contributed by atoms with Crippen LogP contribution in [0.5, 0.6) is 0 Å². The summed E-state index contributed by atoms with van der Waals surface area (Å²) in [5, 5.41) is 28.8. The molecule has 0 aromatic carbocycles. The summed E-state index contributed by atoms with van der Waals surface area (Å²) < 4.78 is 5.49. The minimum Gasteiger partial charge on any atom is -0.465 e. The van der Waals surface area contributed by atoms with E-state index in [1.54, 1.807) is 0 Å². The van der Waals surface area contributed by atoms with Crippen molar-refractivity contribution in [1.29, 1.82) is 0 Å². The molecule has 2 atom stereocenters. The van der Waals surface area contributed by atoms with Crippen LogP contribution in [0.15, 0.2) is 4.42 Å². The Bertz CT molecular complexity index is 561. The van der Waals surface area contributed by atoms with E-state index in [9.17, 15) is 14.8 Å². The number of hydrogen-bond donors (Lipinski definition) is 3. The largest absolute Gasteiger partial charge is 0.465 e. The Hall–Kier alpha value is -2.36. The number of nitrogens with zero attached hydrogens (tertiary/aromatic N) is 4. The molecule has 10 heteroatoms. The van der Waals surface area contributed by atoms with Crippen molar-refractivity contribution < 1.29 is 24.3 Å². The molecule has 10 nitrogen and oxygen atoms in total. The van der Waals surface area contributed by atoms with Crippen LogP contribution in [0.25, 0.3) is 0 Å². The summed E-state index contributed by atoms with van der Waals surface area (Å²) in [7, 11) is 0. The molecule has 1 aromatic heterocycles. The number of nitrogens with one attached hydrogen (secondary N) is 1. The van der Waals surface area contributed by atoms with Crippen LogP contribution in [0, 0.1) is 0 Å². The fourth-order valence-corrected chi connectivity index (χ4v) is 2.69. The van der Waals surface area contributed by atoms with Gasteiger partial charge in [0.15, 0.2) is 0 Å². The third-order valence-corrected chi connectivity index (χ3v) is 3.73. The average molecular weight is 297 g/mol. The first kappa shape index (κ1) is 13.6. The summed E-state index contributed by atoms with van der Waals surface area (Å²) in [6.07, 6.45) is 0.484. The van der Waals surface area contributed by atoms with Crippen LogP contribution in [0.3, 0.4) is 0 Å². The van der Waals surface area contributed by atoms with Crippen molar-refractivity contribution in [2.45, 2.75) is 31.3 Å². The second-order valence-corrected chi connectivity index (χ2v) is 5.04. The molecule has 3 N–H and O–H groups in total. The Morgan fingerprint density at radius 1 is 1.43 bits per heavy atom. The molecule has 2 fully saturated rings. The molecule has 1 aromatic rings. The molecule has 2 aliphatic rings. The second-order valence-electron chi connectivity index (χ2n) is 5.04. The molecule has 21 heavy (non-hydrogen) atoms. The lowest BCUT2D eigenvalue weighted by Crippen LogP contribution is -2.34. The van der Waals surface area contributed by atoms with Gasteiger partial charge in [-0.05, 0) is 12.8 Å². The van der Waals surface area contributed by atoms with Crippen LogP contribution in [-0.2, 0) is 6.42 Å². The molecular weight excluding hydrogens is 282 g/mol. The van der Waals surface area contributed by atoms with Crippen molar-refractivity contribution in [1.82, 2.24) is 25.5 Å². The molecular formula is C11H15N5O5. The molecule has 0 unspecified atom stereocenters. The number of aromatic nitrogens is 2. The van der Waals surface area contributed by atoms with Crippen molar-refractivity contribution in [3.8, 4) is 0 Å².